The molecule has 0 spiro atoms. The normalized spacial score (nSPS) is 17.9. The quantitative estimate of drug-likeness (QED) is 0.708. The molecule has 0 aromatic heterocycles. The van der Waals surface area contributed by atoms with Crippen molar-refractivity contribution in [2.75, 3.05) is 39.4 Å². The van der Waals surface area contributed by atoms with E-state index in [0.717, 1.165) is 12.0 Å². The number of piperazine rings is 1. The van der Waals surface area contributed by atoms with Gasteiger partial charge in [-0.3, -0.25) is 4.79 Å². The maximum absolute atomic E-state index is 13.0. The maximum atomic E-state index is 13.0. The summed E-state index contributed by atoms with van der Waals surface area (Å²) in [5.74, 6) is 1.47. The first-order chi connectivity index (χ1) is 14.9. The van der Waals surface area contributed by atoms with Gasteiger partial charge in [0.15, 0.2) is 11.5 Å². The summed E-state index contributed by atoms with van der Waals surface area (Å²) in [6.07, 6.45) is 1.01. The molecule has 1 amide bonds. The second-order valence-electron chi connectivity index (χ2n) is 7.93. The van der Waals surface area contributed by atoms with Gasteiger partial charge in [0.05, 0.1) is 4.90 Å². The van der Waals surface area contributed by atoms with Crippen molar-refractivity contribution in [3.63, 3.8) is 0 Å². The van der Waals surface area contributed by atoms with E-state index in [4.69, 9.17) is 9.47 Å². The summed E-state index contributed by atoms with van der Waals surface area (Å²) in [4.78, 5) is 14.9. The van der Waals surface area contributed by atoms with Gasteiger partial charge in [-0.15, -0.1) is 0 Å². The van der Waals surface area contributed by atoms with Crippen molar-refractivity contribution in [2.24, 2.45) is 0 Å². The number of benzene rings is 2. The number of rotatable bonds is 5. The predicted octanol–water partition coefficient (Wildman–Crippen LogP) is 3.12. The Kier molecular flexibility index (Phi) is 6.20. The Morgan fingerprint density at radius 1 is 0.968 bits per heavy atom. The molecule has 1 atom stereocenters. The van der Waals surface area contributed by atoms with Crippen LogP contribution in [-0.4, -0.2) is 62.9 Å². The fourth-order valence-corrected chi connectivity index (χ4v) is 5.27. The molecule has 0 N–H and O–H groups in total. The summed E-state index contributed by atoms with van der Waals surface area (Å²) >= 11 is 0. The van der Waals surface area contributed by atoms with E-state index in [-0.39, 0.29) is 19.0 Å². The van der Waals surface area contributed by atoms with Crippen LogP contribution in [0.4, 0.5) is 0 Å². The fraction of sp³-hybridized carbons (Fsp3) is 0.435. The number of amides is 1. The lowest BCUT2D eigenvalue weighted by atomic mass is 9.99. The van der Waals surface area contributed by atoms with E-state index < -0.39 is 10.0 Å². The van der Waals surface area contributed by atoms with Crippen molar-refractivity contribution in [2.45, 2.75) is 31.1 Å². The third kappa shape index (κ3) is 4.41. The number of fused-ring (bicyclic) bond motifs is 1. The van der Waals surface area contributed by atoms with Crippen LogP contribution in [0.3, 0.4) is 0 Å². The van der Waals surface area contributed by atoms with Gasteiger partial charge in [0.1, 0.15) is 13.2 Å². The highest BCUT2D eigenvalue weighted by molar-refractivity contribution is 7.89. The predicted molar refractivity (Wildman–Crippen MR) is 117 cm³/mol. The van der Waals surface area contributed by atoms with Gasteiger partial charge < -0.3 is 14.4 Å². The van der Waals surface area contributed by atoms with Crippen LogP contribution < -0.4 is 9.47 Å². The molecule has 8 heteroatoms. The van der Waals surface area contributed by atoms with Gasteiger partial charge in [-0.1, -0.05) is 26.0 Å². The molecule has 2 aromatic rings. The number of carbonyl (C=O) groups excluding carboxylic acids is 1. The molecule has 0 aliphatic carbocycles. The Labute approximate surface area is 183 Å². The Hall–Kier alpha value is -2.58. The van der Waals surface area contributed by atoms with Gasteiger partial charge in [0, 0.05) is 31.7 Å². The summed E-state index contributed by atoms with van der Waals surface area (Å²) in [6.45, 7) is 6.42. The van der Waals surface area contributed by atoms with Crippen molar-refractivity contribution in [1.82, 2.24) is 9.21 Å². The van der Waals surface area contributed by atoms with Crippen molar-refractivity contribution < 1.29 is 22.7 Å². The Morgan fingerprint density at radius 3 is 2.26 bits per heavy atom. The average molecular weight is 445 g/mol. The van der Waals surface area contributed by atoms with Crippen LogP contribution in [0.1, 0.15) is 42.1 Å². The molecule has 0 bridgehead atoms. The number of hydrogen-bond acceptors (Lipinski definition) is 5. The van der Waals surface area contributed by atoms with Gasteiger partial charge in [-0.2, -0.15) is 4.31 Å². The largest absolute Gasteiger partial charge is 0.486 e. The molecule has 4 rings (SSSR count). The lowest BCUT2D eigenvalue weighted by molar-refractivity contribution is 0.0697. The standard InChI is InChI=1S/C23H28N2O5S/c1-3-17(2)18-4-7-20(8-5-18)31(27,28)25-12-10-24(11-13-25)23(26)19-6-9-21-22(16-19)30-15-14-29-21/h4-9,16-17H,3,10-15H2,1-2H3. The Bertz CT molecular complexity index is 1040. The smallest absolute Gasteiger partial charge is 0.254 e. The molecule has 1 saturated heterocycles. The van der Waals surface area contributed by atoms with E-state index in [1.807, 2.05) is 12.1 Å². The van der Waals surface area contributed by atoms with E-state index in [0.29, 0.717) is 54.2 Å². The van der Waals surface area contributed by atoms with Gasteiger partial charge in [-0.25, -0.2) is 8.42 Å². The van der Waals surface area contributed by atoms with Crippen LogP contribution in [0.2, 0.25) is 0 Å². The molecule has 0 radical (unpaired) electrons. The molecule has 166 valence electrons. The first kappa shape index (κ1) is 21.6. The molecule has 2 aliphatic heterocycles. The first-order valence-electron chi connectivity index (χ1n) is 10.7. The minimum atomic E-state index is -3.58. The Morgan fingerprint density at radius 2 is 1.61 bits per heavy atom. The maximum Gasteiger partial charge on any atom is 0.254 e. The van der Waals surface area contributed by atoms with E-state index in [1.165, 1.54) is 4.31 Å². The lowest BCUT2D eigenvalue weighted by Gasteiger charge is -2.34. The zero-order chi connectivity index (χ0) is 22.0. The topological polar surface area (TPSA) is 76.2 Å². The van der Waals surface area contributed by atoms with E-state index in [1.54, 1.807) is 35.2 Å². The summed E-state index contributed by atoms with van der Waals surface area (Å²) in [5.41, 5.74) is 1.65. The van der Waals surface area contributed by atoms with Crippen LogP contribution in [0.5, 0.6) is 11.5 Å². The molecule has 7 nitrogen and oxygen atoms in total. The molecule has 1 unspecified atom stereocenters. The van der Waals surface area contributed by atoms with Crippen LogP contribution in [-0.2, 0) is 10.0 Å². The molecule has 2 aromatic carbocycles. The SMILES string of the molecule is CCC(C)c1ccc(S(=O)(=O)N2CCN(C(=O)c3ccc4c(c3)OCCO4)CC2)cc1. The summed E-state index contributed by atoms with van der Waals surface area (Å²) in [7, 11) is -3.58. The van der Waals surface area contributed by atoms with Crippen LogP contribution in [0.15, 0.2) is 47.4 Å². The lowest BCUT2D eigenvalue weighted by Crippen LogP contribution is -2.50. The van der Waals surface area contributed by atoms with E-state index >= 15 is 0 Å². The van der Waals surface area contributed by atoms with Gasteiger partial charge in [0.2, 0.25) is 10.0 Å². The third-order valence-electron chi connectivity index (χ3n) is 6.01. The monoisotopic (exact) mass is 444 g/mol. The van der Waals surface area contributed by atoms with Crippen molar-refractivity contribution >= 4 is 15.9 Å². The average Bonchev–Trinajstić information content (AvgIpc) is 2.83. The Balaban J connectivity index is 1.41. The minimum Gasteiger partial charge on any atom is -0.486 e. The number of sulfonamides is 1. The molecule has 2 heterocycles. The number of ether oxygens (including phenoxy) is 2. The highest BCUT2D eigenvalue weighted by atomic mass is 32.2. The first-order valence-corrected chi connectivity index (χ1v) is 12.1. The number of carbonyl (C=O) groups is 1. The summed E-state index contributed by atoms with van der Waals surface area (Å²) in [5, 5.41) is 0. The highest BCUT2D eigenvalue weighted by Crippen LogP contribution is 2.31. The number of nitrogens with zero attached hydrogens (tertiary/aromatic N) is 2. The zero-order valence-electron chi connectivity index (χ0n) is 17.9. The van der Waals surface area contributed by atoms with Gasteiger partial charge >= 0.3 is 0 Å². The van der Waals surface area contributed by atoms with Crippen molar-refractivity contribution in [1.29, 1.82) is 0 Å². The third-order valence-corrected chi connectivity index (χ3v) is 7.93. The second kappa shape index (κ2) is 8.88. The molecular weight excluding hydrogens is 416 g/mol. The van der Waals surface area contributed by atoms with E-state index in [2.05, 4.69) is 13.8 Å². The molecule has 0 saturated carbocycles. The molecular formula is C23H28N2O5S. The van der Waals surface area contributed by atoms with Crippen molar-refractivity contribution in [3.8, 4) is 11.5 Å². The summed E-state index contributed by atoms with van der Waals surface area (Å²) < 4.78 is 38.6. The minimum absolute atomic E-state index is 0.132. The molecule has 1 fully saturated rings. The van der Waals surface area contributed by atoms with Crippen LogP contribution in [0.25, 0.3) is 0 Å². The molecule has 2 aliphatic rings. The van der Waals surface area contributed by atoms with Crippen LogP contribution in [0, 0.1) is 0 Å². The van der Waals surface area contributed by atoms with Crippen LogP contribution >= 0.6 is 0 Å². The second-order valence-corrected chi connectivity index (χ2v) is 9.87. The molecule has 31 heavy (non-hydrogen) atoms. The fourth-order valence-electron chi connectivity index (χ4n) is 3.84. The zero-order valence-corrected chi connectivity index (χ0v) is 18.7. The number of hydrogen-bond donors (Lipinski definition) is 0. The summed E-state index contributed by atoms with van der Waals surface area (Å²) in [6, 6.07) is 12.3. The van der Waals surface area contributed by atoms with E-state index in [9.17, 15) is 13.2 Å². The van der Waals surface area contributed by atoms with Crippen molar-refractivity contribution in [3.05, 3.63) is 53.6 Å². The van der Waals surface area contributed by atoms with Gasteiger partial charge in [-0.05, 0) is 48.2 Å². The highest BCUT2D eigenvalue weighted by Gasteiger charge is 2.31. The van der Waals surface area contributed by atoms with Gasteiger partial charge in [0.25, 0.3) is 5.91 Å².